The highest BCUT2D eigenvalue weighted by atomic mass is 16.5. The lowest BCUT2D eigenvalue weighted by atomic mass is 10.1. The third kappa shape index (κ3) is 3.76. The molecule has 0 spiro atoms. The fourth-order valence-corrected chi connectivity index (χ4v) is 1.52. The number of benzene rings is 1. The molecule has 2 N–H and O–H groups in total. The van der Waals surface area contributed by atoms with Crippen LogP contribution in [0, 0.1) is 0 Å². The maximum atomic E-state index is 9.11. The molecule has 1 aromatic rings. The van der Waals surface area contributed by atoms with Crippen molar-refractivity contribution < 1.29 is 19.7 Å². The van der Waals surface area contributed by atoms with Crippen LogP contribution in [-0.2, 0) is 0 Å². The van der Waals surface area contributed by atoms with E-state index in [0.29, 0.717) is 17.9 Å². The molecule has 4 nitrogen and oxygen atoms in total. The Kier molecular flexibility index (Phi) is 5.52. The summed E-state index contributed by atoms with van der Waals surface area (Å²) < 4.78 is 10.3. The number of rotatable bonds is 6. The van der Waals surface area contributed by atoms with E-state index in [-0.39, 0.29) is 13.2 Å². The number of aliphatic hydroxyl groups is 2. The molecule has 0 unspecified atom stereocenters. The third-order valence-electron chi connectivity index (χ3n) is 2.41. The molecule has 0 radical (unpaired) electrons. The van der Waals surface area contributed by atoms with Crippen molar-refractivity contribution in [2.24, 2.45) is 0 Å². The van der Waals surface area contributed by atoms with Gasteiger partial charge in [-0.2, -0.15) is 0 Å². The first-order chi connectivity index (χ1) is 8.24. The minimum absolute atomic E-state index is 0.0275. The zero-order valence-corrected chi connectivity index (χ0v) is 10.1. The molecule has 94 valence electrons. The summed E-state index contributed by atoms with van der Waals surface area (Å²) in [6, 6.07) is 5.50. The average molecular weight is 238 g/mol. The van der Waals surface area contributed by atoms with Crippen LogP contribution in [0.3, 0.4) is 0 Å². The van der Waals surface area contributed by atoms with Crippen molar-refractivity contribution in [3.63, 3.8) is 0 Å². The van der Waals surface area contributed by atoms with Crippen LogP contribution in [0.15, 0.2) is 23.8 Å². The van der Waals surface area contributed by atoms with Crippen molar-refractivity contribution in [2.45, 2.75) is 6.42 Å². The summed E-state index contributed by atoms with van der Waals surface area (Å²) >= 11 is 0. The van der Waals surface area contributed by atoms with Gasteiger partial charge in [-0.3, -0.25) is 0 Å². The van der Waals surface area contributed by atoms with Gasteiger partial charge >= 0.3 is 0 Å². The number of ether oxygens (including phenoxy) is 2. The highest BCUT2D eigenvalue weighted by Crippen LogP contribution is 2.28. The molecule has 0 fully saturated rings. The summed E-state index contributed by atoms with van der Waals surface area (Å²) in [5.74, 6) is 1.31. The number of aliphatic hydroxyl groups excluding tert-OH is 2. The van der Waals surface area contributed by atoms with Gasteiger partial charge in [0.05, 0.1) is 20.8 Å². The van der Waals surface area contributed by atoms with Crippen LogP contribution in [0.5, 0.6) is 11.5 Å². The van der Waals surface area contributed by atoms with Crippen molar-refractivity contribution in [2.75, 3.05) is 27.4 Å². The molecule has 1 aromatic carbocycles. The van der Waals surface area contributed by atoms with Crippen LogP contribution in [0.2, 0.25) is 0 Å². The number of hydrogen-bond donors (Lipinski definition) is 2. The summed E-state index contributed by atoms with van der Waals surface area (Å²) in [5.41, 5.74) is 1.68. The van der Waals surface area contributed by atoms with Crippen molar-refractivity contribution >= 4 is 6.08 Å². The van der Waals surface area contributed by atoms with E-state index in [4.69, 9.17) is 19.7 Å². The smallest absolute Gasteiger partial charge is 0.161 e. The first kappa shape index (κ1) is 13.5. The second kappa shape index (κ2) is 6.93. The Bertz CT molecular complexity index is 385. The maximum absolute atomic E-state index is 9.11. The summed E-state index contributed by atoms with van der Waals surface area (Å²) in [4.78, 5) is 0. The van der Waals surface area contributed by atoms with Crippen molar-refractivity contribution in [3.05, 3.63) is 29.3 Å². The van der Waals surface area contributed by atoms with Gasteiger partial charge in [-0.15, -0.1) is 0 Å². The second-order valence-corrected chi connectivity index (χ2v) is 3.55. The van der Waals surface area contributed by atoms with Gasteiger partial charge < -0.3 is 19.7 Å². The van der Waals surface area contributed by atoms with E-state index in [2.05, 4.69) is 0 Å². The van der Waals surface area contributed by atoms with Gasteiger partial charge in [0.1, 0.15) is 0 Å². The molecule has 0 atom stereocenters. The fraction of sp³-hybridized carbons (Fsp3) is 0.385. The second-order valence-electron chi connectivity index (χ2n) is 3.55. The van der Waals surface area contributed by atoms with Gasteiger partial charge in [-0.1, -0.05) is 12.1 Å². The number of hydrogen-bond acceptors (Lipinski definition) is 4. The van der Waals surface area contributed by atoms with Crippen LogP contribution in [0.1, 0.15) is 12.0 Å². The van der Waals surface area contributed by atoms with Gasteiger partial charge in [0.2, 0.25) is 0 Å². The maximum Gasteiger partial charge on any atom is 0.161 e. The molecule has 4 heteroatoms. The van der Waals surface area contributed by atoms with E-state index in [9.17, 15) is 0 Å². The molecular weight excluding hydrogens is 220 g/mol. The highest BCUT2D eigenvalue weighted by Gasteiger charge is 2.04. The minimum atomic E-state index is -0.0606. The van der Waals surface area contributed by atoms with Crippen LogP contribution in [-0.4, -0.2) is 37.6 Å². The molecule has 0 saturated heterocycles. The van der Waals surface area contributed by atoms with Crippen molar-refractivity contribution in [1.82, 2.24) is 0 Å². The molecule has 0 aliphatic heterocycles. The molecule has 0 aliphatic carbocycles. The lowest BCUT2D eigenvalue weighted by Crippen LogP contribution is -1.95. The predicted molar refractivity (Wildman–Crippen MR) is 66.3 cm³/mol. The first-order valence-corrected chi connectivity index (χ1v) is 5.38. The standard InChI is InChI=1S/C13H18O4/c1-16-12-4-3-10(8-13(12)17-2)7-11(9-15)5-6-14/h3-4,7-8,14-15H,5-6,9H2,1-2H3/b11-7-. The lowest BCUT2D eigenvalue weighted by molar-refractivity contribution is 0.279. The fourth-order valence-electron chi connectivity index (χ4n) is 1.52. The van der Waals surface area contributed by atoms with Gasteiger partial charge in [-0.25, -0.2) is 0 Å². The van der Waals surface area contributed by atoms with Crippen molar-refractivity contribution in [1.29, 1.82) is 0 Å². The molecular formula is C13H18O4. The van der Waals surface area contributed by atoms with E-state index < -0.39 is 0 Å². The highest BCUT2D eigenvalue weighted by molar-refractivity contribution is 5.58. The van der Waals surface area contributed by atoms with Gasteiger partial charge in [0.25, 0.3) is 0 Å². The Morgan fingerprint density at radius 3 is 2.41 bits per heavy atom. The van der Waals surface area contributed by atoms with E-state index in [0.717, 1.165) is 11.1 Å². The summed E-state index contributed by atoms with van der Waals surface area (Å²) in [6.07, 6.45) is 2.29. The van der Waals surface area contributed by atoms with Gasteiger partial charge in [0, 0.05) is 6.61 Å². The predicted octanol–water partition coefficient (Wildman–Crippen LogP) is 1.46. The lowest BCUT2D eigenvalue weighted by Gasteiger charge is -2.08. The monoisotopic (exact) mass is 238 g/mol. The molecule has 0 aliphatic rings. The largest absolute Gasteiger partial charge is 0.493 e. The Hall–Kier alpha value is -1.52. The van der Waals surface area contributed by atoms with Crippen molar-refractivity contribution in [3.8, 4) is 11.5 Å². The quantitative estimate of drug-likeness (QED) is 0.787. The molecule has 17 heavy (non-hydrogen) atoms. The summed E-state index contributed by atoms with van der Waals surface area (Å²) in [6.45, 7) is -0.0331. The first-order valence-electron chi connectivity index (χ1n) is 5.38. The van der Waals surface area contributed by atoms with E-state index in [1.165, 1.54) is 0 Å². The minimum Gasteiger partial charge on any atom is -0.493 e. The molecule has 0 aromatic heterocycles. The summed E-state index contributed by atoms with van der Waals surface area (Å²) in [5, 5.41) is 17.9. The van der Waals surface area contributed by atoms with E-state index in [1.54, 1.807) is 20.3 Å². The Labute approximate surface area is 101 Å². The van der Waals surface area contributed by atoms with E-state index >= 15 is 0 Å². The average Bonchev–Trinajstić information content (AvgIpc) is 2.38. The number of methoxy groups -OCH3 is 2. The molecule has 1 rings (SSSR count). The summed E-state index contributed by atoms with van der Waals surface area (Å²) in [7, 11) is 3.16. The molecule has 0 amide bonds. The Morgan fingerprint density at radius 2 is 1.88 bits per heavy atom. The molecule has 0 saturated carbocycles. The third-order valence-corrected chi connectivity index (χ3v) is 2.41. The Morgan fingerprint density at radius 1 is 1.18 bits per heavy atom. The zero-order valence-electron chi connectivity index (χ0n) is 10.1. The molecule has 0 heterocycles. The van der Waals surface area contributed by atoms with Crippen LogP contribution < -0.4 is 9.47 Å². The Balaban J connectivity index is 2.98. The topological polar surface area (TPSA) is 58.9 Å². The SMILES string of the molecule is COc1ccc(/C=C(\CO)CCO)cc1OC. The zero-order chi connectivity index (χ0) is 12.7. The van der Waals surface area contributed by atoms with Gasteiger partial charge in [0.15, 0.2) is 11.5 Å². The van der Waals surface area contributed by atoms with Crippen LogP contribution in [0.25, 0.3) is 6.08 Å². The van der Waals surface area contributed by atoms with Crippen LogP contribution in [0.4, 0.5) is 0 Å². The van der Waals surface area contributed by atoms with Crippen LogP contribution >= 0.6 is 0 Å². The normalized spacial score (nSPS) is 11.4. The van der Waals surface area contributed by atoms with Gasteiger partial charge in [-0.05, 0) is 29.7 Å². The van der Waals surface area contributed by atoms with E-state index in [1.807, 2.05) is 18.2 Å². The molecule has 0 bridgehead atoms.